The molecule has 2 N–H and O–H groups in total. The minimum Gasteiger partial charge on any atom is -0.380 e. The molecule has 0 atom stereocenters. The van der Waals surface area contributed by atoms with E-state index in [-0.39, 0.29) is 16.4 Å². The highest BCUT2D eigenvalue weighted by atomic mass is 35.5. The lowest BCUT2D eigenvalue weighted by atomic mass is 10.0. The Morgan fingerprint density at radius 2 is 1.76 bits per heavy atom. The number of halogens is 3. The van der Waals surface area contributed by atoms with Crippen molar-refractivity contribution < 1.29 is 8.91 Å². The molecule has 0 radical (unpaired) electrons. The Balaban J connectivity index is 2.22. The van der Waals surface area contributed by atoms with Gasteiger partial charge in [-0.25, -0.2) is 4.39 Å². The van der Waals surface area contributed by atoms with Crippen molar-refractivity contribution in [3.05, 3.63) is 58.3 Å². The molecule has 3 nitrogen and oxygen atoms in total. The topological polar surface area (TPSA) is 52.0 Å². The maximum atomic E-state index is 14.2. The summed E-state index contributed by atoms with van der Waals surface area (Å²) in [5.74, 6) is -0.101. The predicted octanol–water partition coefficient (Wildman–Crippen LogP) is 5.04. The van der Waals surface area contributed by atoms with E-state index in [1.807, 2.05) is 0 Å². The van der Waals surface area contributed by atoms with Crippen LogP contribution in [-0.2, 0) is 0 Å². The van der Waals surface area contributed by atoms with Crippen LogP contribution in [0.25, 0.3) is 22.5 Å². The van der Waals surface area contributed by atoms with Gasteiger partial charge in [0.15, 0.2) is 11.6 Å². The first-order valence-electron chi connectivity index (χ1n) is 6.03. The molecule has 6 heteroatoms. The molecular weight excluding hydrogens is 314 g/mol. The van der Waals surface area contributed by atoms with Crippen molar-refractivity contribution in [3.8, 4) is 22.5 Å². The molecule has 0 bridgehead atoms. The largest absolute Gasteiger partial charge is 0.380 e. The van der Waals surface area contributed by atoms with Crippen LogP contribution < -0.4 is 5.73 Å². The highest BCUT2D eigenvalue weighted by Crippen LogP contribution is 2.39. The Kier molecular flexibility index (Phi) is 3.57. The van der Waals surface area contributed by atoms with Crippen molar-refractivity contribution in [3.63, 3.8) is 0 Å². The number of nitrogen functional groups attached to an aromatic ring is 1. The van der Waals surface area contributed by atoms with Crippen molar-refractivity contribution in [2.24, 2.45) is 0 Å². The number of hydrogen-bond donors (Lipinski definition) is 1. The number of nitrogens with two attached hydrogens (primary N) is 1. The van der Waals surface area contributed by atoms with Gasteiger partial charge < -0.3 is 10.3 Å². The second kappa shape index (κ2) is 5.39. The molecule has 0 fully saturated rings. The van der Waals surface area contributed by atoms with E-state index in [0.717, 1.165) is 0 Å². The van der Waals surface area contributed by atoms with Crippen LogP contribution in [-0.4, -0.2) is 5.16 Å². The molecule has 1 aromatic heterocycles. The van der Waals surface area contributed by atoms with E-state index in [1.54, 1.807) is 36.4 Å². The van der Waals surface area contributed by atoms with Gasteiger partial charge in [-0.1, -0.05) is 40.5 Å². The summed E-state index contributed by atoms with van der Waals surface area (Å²) in [4.78, 5) is 0. The maximum Gasteiger partial charge on any atom is 0.177 e. The monoisotopic (exact) mass is 322 g/mol. The third kappa shape index (κ3) is 2.48. The minimum absolute atomic E-state index is 0.00940. The Morgan fingerprint density at radius 3 is 2.48 bits per heavy atom. The molecule has 0 unspecified atom stereocenters. The minimum atomic E-state index is -0.565. The first kappa shape index (κ1) is 13.9. The fourth-order valence-electron chi connectivity index (χ4n) is 2.06. The van der Waals surface area contributed by atoms with Crippen LogP contribution in [0.5, 0.6) is 0 Å². The molecule has 0 aliphatic carbocycles. The molecule has 1 heterocycles. The van der Waals surface area contributed by atoms with Gasteiger partial charge in [-0.05, 0) is 30.3 Å². The van der Waals surface area contributed by atoms with Crippen LogP contribution in [0.3, 0.4) is 0 Å². The molecule has 0 aliphatic heterocycles. The third-order valence-electron chi connectivity index (χ3n) is 3.05. The van der Waals surface area contributed by atoms with Crippen molar-refractivity contribution in [2.45, 2.75) is 0 Å². The van der Waals surface area contributed by atoms with E-state index in [1.165, 1.54) is 6.07 Å². The van der Waals surface area contributed by atoms with E-state index >= 15 is 0 Å². The van der Waals surface area contributed by atoms with Crippen molar-refractivity contribution >= 4 is 29.0 Å². The van der Waals surface area contributed by atoms with E-state index in [0.29, 0.717) is 21.9 Å². The molecule has 3 aromatic rings. The quantitative estimate of drug-likeness (QED) is 0.719. The fraction of sp³-hybridized carbons (Fsp3) is 0. The van der Waals surface area contributed by atoms with Crippen molar-refractivity contribution in [1.82, 2.24) is 5.16 Å². The van der Waals surface area contributed by atoms with Crippen LogP contribution in [0, 0.1) is 5.82 Å². The van der Waals surface area contributed by atoms with Gasteiger partial charge in [0.1, 0.15) is 5.82 Å². The summed E-state index contributed by atoms with van der Waals surface area (Å²) in [5.41, 5.74) is 7.13. The molecule has 0 saturated carbocycles. The van der Waals surface area contributed by atoms with Crippen molar-refractivity contribution in [1.29, 1.82) is 0 Å². The van der Waals surface area contributed by atoms with Gasteiger partial charge in [0, 0.05) is 16.1 Å². The molecular formula is C15H9Cl2FN2O. The van der Waals surface area contributed by atoms with E-state index in [2.05, 4.69) is 5.16 Å². The number of anilines is 1. The molecule has 3 rings (SSSR count). The summed E-state index contributed by atoms with van der Waals surface area (Å²) in [7, 11) is 0. The van der Waals surface area contributed by atoms with Crippen LogP contribution in [0.2, 0.25) is 10.0 Å². The van der Waals surface area contributed by atoms with Gasteiger partial charge in [-0.2, -0.15) is 0 Å². The van der Waals surface area contributed by atoms with Gasteiger partial charge >= 0.3 is 0 Å². The van der Waals surface area contributed by atoms with Gasteiger partial charge in [0.05, 0.1) is 10.6 Å². The smallest absolute Gasteiger partial charge is 0.177 e. The summed E-state index contributed by atoms with van der Waals surface area (Å²) >= 11 is 11.7. The zero-order chi connectivity index (χ0) is 15.0. The average Bonchev–Trinajstić information content (AvgIpc) is 2.85. The highest BCUT2D eigenvalue weighted by Gasteiger charge is 2.21. The van der Waals surface area contributed by atoms with Crippen LogP contribution in [0.4, 0.5) is 10.2 Å². The van der Waals surface area contributed by atoms with Crippen LogP contribution >= 0.6 is 23.2 Å². The SMILES string of the molecule is Nc1noc(-c2ccc(Cl)cc2)c1-c1cccc(Cl)c1F. The number of nitrogens with zero attached hydrogens (tertiary/aromatic N) is 1. The zero-order valence-corrected chi connectivity index (χ0v) is 12.1. The summed E-state index contributed by atoms with van der Waals surface area (Å²) in [6.45, 7) is 0. The van der Waals surface area contributed by atoms with Gasteiger partial charge in [-0.15, -0.1) is 0 Å². The van der Waals surface area contributed by atoms with Crippen molar-refractivity contribution in [2.75, 3.05) is 5.73 Å². The number of hydrogen-bond acceptors (Lipinski definition) is 3. The summed E-state index contributed by atoms with van der Waals surface area (Å²) in [6, 6.07) is 11.6. The second-order valence-electron chi connectivity index (χ2n) is 4.38. The lowest BCUT2D eigenvalue weighted by Gasteiger charge is -2.05. The second-order valence-corrected chi connectivity index (χ2v) is 5.22. The first-order chi connectivity index (χ1) is 10.1. The Hall–Kier alpha value is -2.04. The Bertz CT molecular complexity index is 800. The molecule has 0 saturated heterocycles. The number of aromatic nitrogens is 1. The standard InChI is InChI=1S/C15H9Cl2FN2O/c16-9-6-4-8(5-7-9)14-12(15(19)20-21-14)10-2-1-3-11(17)13(10)18/h1-7H,(H2,19,20). The number of rotatable bonds is 2. The molecule has 2 aromatic carbocycles. The molecule has 106 valence electrons. The van der Waals surface area contributed by atoms with Crippen LogP contribution in [0.15, 0.2) is 47.0 Å². The van der Waals surface area contributed by atoms with E-state index < -0.39 is 5.82 Å². The summed E-state index contributed by atoms with van der Waals surface area (Å²) in [5, 5.41) is 4.32. The van der Waals surface area contributed by atoms with E-state index in [9.17, 15) is 4.39 Å². The zero-order valence-electron chi connectivity index (χ0n) is 10.6. The van der Waals surface area contributed by atoms with Gasteiger partial charge in [-0.3, -0.25) is 0 Å². The molecule has 0 spiro atoms. The number of benzene rings is 2. The molecule has 0 aliphatic rings. The Morgan fingerprint density at radius 1 is 1.05 bits per heavy atom. The lowest BCUT2D eigenvalue weighted by molar-refractivity contribution is 0.436. The highest BCUT2D eigenvalue weighted by molar-refractivity contribution is 6.31. The van der Waals surface area contributed by atoms with E-state index in [4.69, 9.17) is 33.5 Å². The Labute approximate surface area is 130 Å². The van der Waals surface area contributed by atoms with Gasteiger partial charge in [0.25, 0.3) is 0 Å². The average molecular weight is 323 g/mol. The molecule has 0 amide bonds. The predicted molar refractivity (Wildman–Crippen MR) is 81.8 cm³/mol. The van der Waals surface area contributed by atoms with Gasteiger partial charge in [0.2, 0.25) is 0 Å². The van der Waals surface area contributed by atoms with Crippen LogP contribution in [0.1, 0.15) is 0 Å². The first-order valence-corrected chi connectivity index (χ1v) is 6.79. The third-order valence-corrected chi connectivity index (χ3v) is 3.59. The maximum absolute atomic E-state index is 14.2. The summed E-state index contributed by atoms with van der Waals surface area (Å²) < 4.78 is 19.5. The molecule has 21 heavy (non-hydrogen) atoms. The normalized spacial score (nSPS) is 10.8. The summed E-state index contributed by atoms with van der Waals surface area (Å²) in [6.07, 6.45) is 0. The fourth-order valence-corrected chi connectivity index (χ4v) is 2.36. The lowest BCUT2D eigenvalue weighted by Crippen LogP contribution is -1.92.